The molecule has 92 valence electrons. The quantitative estimate of drug-likeness (QED) is 0.667. The molecule has 0 fully saturated rings. The lowest BCUT2D eigenvalue weighted by Crippen LogP contribution is -1.89. The molecule has 3 nitrogen and oxygen atoms in total. The second kappa shape index (κ2) is 5.14. The molecular weight excluding hydrogens is 296 g/mol. The van der Waals surface area contributed by atoms with Crippen molar-refractivity contribution in [2.24, 2.45) is 0 Å². The fourth-order valence-electron chi connectivity index (χ4n) is 1.44. The van der Waals surface area contributed by atoms with Crippen LogP contribution in [-0.4, -0.2) is 16.4 Å². The van der Waals surface area contributed by atoms with Crippen LogP contribution < -0.4 is 0 Å². The van der Waals surface area contributed by atoms with Gasteiger partial charge in [-0.3, -0.25) is 4.79 Å². The number of aromatic nitrogens is 1. The van der Waals surface area contributed by atoms with E-state index in [4.69, 9.17) is 34.8 Å². The smallest absolute Gasteiger partial charge is 0.153 e. The number of benzene rings is 1. The summed E-state index contributed by atoms with van der Waals surface area (Å²) < 4.78 is 0. The number of phenolic OH excluding ortho intramolecular Hbond substituents is 1. The third-order valence-corrected chi connectivity index (χ3v) is 3.28. The second-order valence-corrected chi connectivity index (χ2v) is 4.66. The lowest BCUT2D eigenvalue weighted by atomic mass is 10.1. The van der Waals surface area contributed by atoms with Crippen molar-refractivity contribution in [2.45, 2.75) is 0 Å². The lowest BCUT2D eigenvalue weighted by molar-refractivity contribution is 0.112. The molecule has 18 heavy (non-hydrogen) atoms. The summed E-state index contributed by atoms with van der Waals surface area (Å²) >= 11 is 17.6. The topological polar surface area (TPSA) is 50.2 Å². The van der Waals surface area contributed by atoms with Gasteiger partial charge in [0.1, 0.15) is 10.9 Å². The number of aldehydes is 1. The Morgan fingerprint density at radius 3 is 2.44 bits per heavy atom. The van der Waals surface area contributed by atoms with Gasteiger partial charge in [0.25, 0.3) is 0 Å². The zero-order valence-electron chi connectivity index (χ0n) is 8.82. The molecule has 0 bridgehead atoms. The second-order valence-electron chi connectivity index (χ2n) is 3.48. The molecule has 6 heteroatoms. The van der Waals surface area contributed by atoms with Gasteiger partial charge in [-0.15, -0.1) is 0 Å². The molecule has 0 unspecified atom stereocenters. The van der Waals surface area contributed by atoms with E-state index in [9.17, 15) is 9.90 Å². The molecule has 0 saturated heterocycles. The normalized spacial score (nSPS) is 10.4. The van der Waals surface area contributed by atoms with E-state index in [1.54, 1.807) is 6.07 Å². The number of phenols is 1. The number of pyridine rings is 1. The summed E-state index contributed by atoms with van der Waals surface area (Å²) in [5.74, 6) is -0.147. The first kappa shape index (κ1) is 13.1. The minimum Gasteiger partial charge on any atom is -0.507 e. The maximum atomic E-state index is 10.6. The van der Waals surface area contributed by atoms with Crippen LogP contribution >= 0.6 is 34.8 Å². The predicted molar refractivity (Wildman–Crippen MR) is 71.8 cm³/mol. The Morgan fingerprint density at radius 2 is 1.83 bits per heavy atom. The molecule has 0 aliphatic rings. The molecule has 0 aliphatic carbocycles. The van der Waals surface area contributed by atoms with Crippen molar-refractivity contribution < 1.29 is 9.90 Å². The summed E-state index contributed by atoms with van der Waals surface area (Å²) in [7, 11) is 0. The summed E-state index contributed by atoms with van der Waals surface area (Å²) in [6.07, 6.45) is 0.559. The SMILES string of the molecule is O=Cc1ccc(-c2nc(Cl)c(Cl)cc2Cl)cc1O. The van der Waals surface area contributed by atoms with Crippen molar-refractivity contribution in [3.8, 4) is 17.0 Å². The van der Waals surface area contributed by atoms with E-state index in [1.807, 2.05) is 0 Å². The van der Waals surface area contributed by atoms with E-state index in [0.717, 1.165) is 0 Å². The summed E-state index contributed by atoms with van der Waals surface area (Å²) in [5, 5.41) is 10.3. The molecule has 0 saturated carbocycles. The van der Waals surface area contributed by atoms with Gasteiger partial charge in [-0.1, -0.05) is 40.9 Å². The molecule has 2 aromatic rings. The van der Waals surface area contributed by atoms with Crippen LogP contribution in [0.2, 0.25) is 15.2 Å². The van der Waals surface area contributed by atoms with Crippen molar-refractivity contribution in [1.82, 2.24) is 4.98 Å². The highest BCUT2D eigenvalue weighted by molar-refractivity contribution is 6.42. The zero-order chi connectivity index (χ0) is 13.3. The molecule has 1 aromatic heterocycles. The molecule has 1 aromatic carbocycles. The molecule has 2 rings (SSSR count). The van der Waals surface area contributed by atoms with Crippen molar-refractivity contribution in [2.75, 3.05) is 0 Å². The Morgan fingerprint density at radius 1 is 1.11 bits per heavy atom. The predicted octanol–water partition coefficient (Wildman–Crippen LogP) is 4.23. The molecule has 0 radical (unpaired) electrons. The fraction of sp³-hybridized carbons (Fsp3) is 0. The maximum absolute atomic E-state index is 10.6. The first-order valence-electron chi connectivity index (χ1n) is 4.83. The Kier molecular flexibility index (Phi) is 3.76. The van der Waals surface area contributed by atoms with Gasteiger partial charge in [0.15, 0.2) is 6.29 Å². The Bertz CT molecular complexity index is 629. The van der Waals surface area contributed by atoms with Crippen molar-refractivity contribution >= 4 is 41.1 Å². The highest BCUT2D eigenvalue weighted by atomic mass is 35.5. The first-order chi connectivity index (χ1) is 8.52. The zero-order valence-corrected chi connectivity index (χ0v) is 11.1. The monoisotopic (exact) mass is 301 g/mol. The Hall–Kier alpha value is -1.29. The highest BCUT2D eigenvalue weighted by Crippen LogP contribution is 2.33. The molecule has 0 spiro atoms. The van der Waals surface area contributed by atoms with Gasteiger partial charge < -0.3 is 5.11 Å². The molecule has 0 aliphatic heterocycles. The standard InChI is InChI=1S/C12H6Cl3NO2/c13-8-4-9(14)12(15)16-11(8)6-1-2-7(5-17)10(18)3-6/h1-5,18H. The summed E-state index contributed by atoms with van der Waals surface area (Å²) in [4.78, 5) is 14.6. The Labute approximate surface area is 118 Å². The van der Waals surface area contributed by atoms with E-state index in [2.05, 4.69) is 4.98 Å². The van der Waals surface area contributed by atoms with Crippen LogP contribution in [0.5, 0.6) is 5.75 Å². The van der Waals surface area contributed by atoms with Crippen molar-refractivity contribution in [3.63, 3.8) is 0 Å². The van der Waals surface area contributed by atoms with Crippen LogP contribution in [0.4, 0.5) is 0 Å². The molecule has 0 atom stereocenters. The van der Waals surface area contributed by atoms with Gasteiger partial charge in [0, 0.05) is 5.56 Å². The largest absolute Gasteiger partial charge is 0.507 e. The highest BCUT2D eigenvalue weighted by Gasteiger charge is 2.11. The summed E-state index contributed by atoms with van der Waals surface area (Å²) in [6.45, 7) is 0. The van der Waals surface area contributed by atoms with E-state index in [-0.39, 0.29) is 21.5 Å². The minimum atomic E-state index is -0.147. The van der Waals surface area contributed by atoms with Gasteiger partial charge >= 0.3 is 0 Å². The average molecular weight is 303 g/mol. The minimum absolute atomic E-state index is 0.120. The number of hydrogen-bond donors (Lipinski definition) is 1. The van der Waals surface area contributed by atoms with Gasteiger partial charge in [-0.05, 0) is 18.2 Å². The molecular formula is C12H6Cl3NO2. The number of aromatic hydroxyl groups is 1. The van der Waals surface area contributed by atoms with Crippen LogP contribution in [0.3, 0.4) is 0 Å². The first-order valence-corrected chi connectivity index (χ1v) is 5.96. The number of carbonyl (C=O) groups excluding carboxylic acids is 1. The molecule has 1 N–H and O–H groups in total. The van der Waals surface area contributed by atoms with Crippen LogP contribution in [-0.2, 0) is 0 Å². The average Bonchev–Trinajstić information content (AvgIpc) is 2.33. The number of rotatable bonds is 2. The Balaban J connectivity index is 2.58. The summed E-state index contributed by atoms with van der Waals surface area (Å²) in [5.41, 5.74) is 1.12. The number of halogens is 3. The fourth-order valence-corrected chi connectivity index (χ4v) is 2.04. The van der Waals surface area contributed by atoms with Gasteiger partial charge in [0.2, 0.25) is 0 Å². The summed E-state index contributed by atoms with van der Waals surface area (Å²) in [6, 6.07) is 5.95. The van der Waals surface area contributed by atoms with E-state index in [0.29, 0.717) is 22.6 Å². The van der Waals surface area contributed by atoms with E-state index >= 15 is 0 Å². The number of carbonyl (C=O) groups is 1. The third kappa shape index (κ3) is 2.43. The van der Waals surface area contributed by atoms with Crippen LogP contribution in [0, 0.1) is 0 Å². The van der Waals surface area contributed by atoms with Gasteiger partial charge in [-0.2, -0.15) is 0 Å². The number of nitrogens with zero attached hydrogens (tertiary/aromatic N) is 1. The van der Waals surface area contributed by atoms with Crippen LogP contribution in [0.1, 0.15) is 10.4 Å². The maximum Gasteiger partial charge on any atom is 0.153 e. The lowest BCUT2D eigenvalue weighted by Gasteiger charge is -2.07. The van der Waals surface area contributed by atoms with Gasteiger partial charge in [0.05, 0.1) is 21.3 Å². The number of hydrogen-bond acceptors (Lipinski definition) is 3. The van der Waals surface area contributed by atoms with Gasteiger partial charge in [-0.25, -0.2) is 4.98 Å². The van der Waals surface area contributed by atoms with Crippen molar-refractivity contribution in [3.05, 3.63) is 45.0 Å². The van der Waals surface area contributed by atoms with Crippen LogP contribution in [0.15, 0.2) is 24.3 Å². The van der Waals surface area contributed by atoms with Crippen LogP contribution in [0.25, 0.3) is 11.3 Å². The van der Waals surface area contributed by atoms with E-state index in [1.165, 1.54) is 18.2 Å². The van der Waals surface area contributed by atoms with E-state index < -0.39 is 0 Å². The van der Waals surface area contributed by atoms with Crippen molar-refractivity contribution in [1.29, 1.82) is 0 Å². The molecule has 0 amide bonds. The molecule has 1 heterocycles. The third-order valence-electron chi connectivity index (χ3n) is 2.32.